The number of aromatic nitrogens is 3. The summed E-state index contributed by atoms with van der Waals surface area (Å²) in [6.07, 6.45) is 1.75. The zero-order valence-electron chi connectivity index (χ0n) is 18.8. The molecule has 176 valence electrons. The Labute approximate surface area is 191 Å². The van der Waals surface area contributed by atoms with E-state index in [0.29, 0.717) is 62.0 Å². The molecular weight excluding hydrogens is 426 g/mol. The number of fused-ring (bicyclic) bond motifs is 1. The first-order valence-electron chi connectivity index (χ1n) is 10.8. The predicted octanol–water partition coefficient (Wildman–Crippen LogP) is 3.15. The minimum absolute atomic E-state index is 0.0681. The van der Waals surface area contributed by atoms with Crippen molar-refractivity contribution in [1.82, 2.24) is 15.0 Å². The summed E-state index contributed by atoms with van der Waals surface area (Å²) in [5.74, 6) is 1.31. The minimum atomic E-state index is -0.839. The van der Waals surface area contributed by atoms with E-state index in [0.717, 1.165) is 16.6 Å². The molecular formula is C23H29N5O5. The summed E-state index contributed by atoms with van der Waals surface area (Å²) < 4.78 is 17.5. The molecule has 0 unspecified atom stereocenters. The van der Waals surface area contributed by atoms with Gasteiger partial charge in [-0.3, -0.25) is 9.78 Å². The Morgan fingerprint density at radius 1 is 1.00 bits per heavy atom. The monoisotopic (exact) mass is 455 g/mol. The molecule has 10 nitrogen and oxygen atoms in total. The van der Waals surface area contributed by atoms with Crippen molar-refractivity contribution in [3.63, 3.8) is 0 Å². The molecule has 0 spiro atoms. The number of aryl methyl sites for hydroxylation is 2. The van der Waals surface area contributed by atoms with Crippen LogP contribution in [0, 0.1) is 6.92 Å². The van der Waals surface area contributed by atoms with E-state index < -0.39 is 5.97 Å². The van der Waals surface area contributed by atoms with Gasteiger partial charge in [-0.15, -0.1) is 0 Å². The van der Waals surface area contributed by atoms with E-state index in [1.807, 2.05) is 38.1 Å². The molecule has 0 aliphatic heterocycles. The van der Waals surface area contributed by atoms with Gasteiger partial charge in [-0.1, -0.05) is 6.92 Å². The van der Waals surface area contributed by atoms with Crippen LogP contribution in [0.25, 0.3) is 10.9 Å². The first-order valence-corrected chi connectivity index (χ1v) is 10.8. The fourth-order valence-corrected chi connectivity index (χ4v) is 3.27. The Kier molecular flexibility index (Phi) is 8.06. The van der Waals surface area contributed by atoms with Gasteiger partial charge in [0.25, 0.3) is 0 Å². The molecule has 3 rings (SSSR count). The van der Waals surface area contributed by atoms with Crippen LogP contribution in [0.15, 0.2) is 24.3 Å². The zero-order chi connectivity index (χ0) is 23.8. The second-order valence-electron chi connectivity index (χ2n) is 7.43. The normalized spacial score (nSPS) is 10.8. The summed E-state index contributed by atoms with van der Waals surface area (Å²) in [5.41, 5.74) is 13.9. The number of aliphatic carboxylic acids is 1. The number of carboxylic acid groups (broad SMARTS) is 1. The summed E-state index contributed by atoms with van der Waals surface area (Å²) in [6.45, 7) is 4.96. The van der Waals surface area contributed by atoms with Crippen molar-refractivity contribution in [1.29, 1.82) is 0 Å². The maximum atomic E-state index is 10.6. The van der Waals surface area contributed by atoms with Crippen molar-refractivity contribution in [2.75, 3.05) is 31.3 Å². The van der Waals surface area contributed by atoms with E-state index >= 15 is 0 Å². The van der Waals surface area contributed by atoms with Gasteiger partial charge in [0.2, 0.25) is 5.95 Å². The van der Waals surface area contributed by atoms with Crippen LogP contribution in [0.2, 0.25) is 0 Å². The summed E-state index contributed by atoms with van der Waals surface area (Å²) >= 11 is 0. The molecule has 0 bridgehead atoms. The zero-order valence-corrected chi connectivity index (χ0v) is 18.8. The fraction of sp³-hybridized carbons (Fsp3) is 0.391. The summed E-state index contributed by atoms with van der Waals surface area (Å²) in [7, 11) is 0. The van der Waals surface area contributed by atoms with Gasteiger partial charge in [0.1, 0.15) is 11.5 Å². The number of carbonyl (C=O) groups is 1. The average molecular weight is 456 g/mol. The Bertz CT molecular complexity index is 1120. The van der Waals surface area contributed by atoms with E-state index in [2.05, 4.69) is 15.0 Å². The van der Waals surface area contributed by atoms with E-state index in [-0.39, 0.29) is 18.2 Å². The number of nitrogen functional groups attached to an aromatic ring is 2. The number of anilines is 2. The maximum Gasteiger partial charge on any atom is 0.303 e. The molecule has 2 heterocycles. The van der Waals surface area contributed by atoms with Crippen LogP contribution in [0.1, 0.15) is 37.6 Å². The molecule has 0 radical (unpaired) electrons. The number of rotatable bonds is 12. The molecule has 1 aromatic carbocycles. The van der Waals surface area contributed by atoms with Gasteiger partial charge in [0.05, 0.1) is 31.0 Å². The molecule has 0 amide bonds. The third-order valence-corrected chi connectivity index (χ3v) is 4.78. The molecule has 0 saturated heterocycles. The van der Waals surface area contributed by atoms with E-state index in [1.165, 1.54) is 0 Å². The van der Waals surface area contributed by atoms with Crippen molar-refractivity contribution in [2.24, 2.45) is 0 Å². The van der Waals surface area contributed by atoms with Crippen molar-refractivity contribution in [3.8, 4) is 17.2 Å². The van der Waals surface area contributed by atoms with Gasteiger partial charge in [0.15, 0.2) is 11.6 Å². The van der Waals surface area contributed by atoms with Gasteiger partial charge in [-0.2, -0.15) is 4.98 Å². The van der Waals surface area contributed by atoms with Gasteiger partial charge in [-0.05, 0) is 38.0 Å². The Balaban J connectivity index is 1.60. The molecule has 5 N–H and O–H groups in total. The summed E-state index contributed by atoms with van der Waals surface area (Å²) in [6, 6.07) is 7.41. The Hall–Kier alpha value is -3.82. The van der Waals surface area contributed by atoms with Crippen molar-refractivity contribution in [3.05, 3.63) is 35.7 Å². The SMILES string of the molecule is CCc1nc(N)nc(N)c1OCCCOc1cc(C)nc2ccc(OCCCC(=O)O)cc12. The van der Waals surface area contributed by atoms with E-state index in [4.69, 9.17) is 30.8 Å². The molecule has 10 heteroatoms. The lowest BCUT2D eigenvalue weighted by Gasteiger charge is -2.14. The van der Waals surface area contributed by atoms with Crippen LogP contribution in [-0.4, -0.2) is 45.8 Å². The number of ether oxygens (including phenoxy) is 3. The summed E-state index contributed by atoms with van der Waals surface area (Å²) in [4.78, 5) is 23.3. The number of pyridine rings is 1. The highest BCUT2D eigenvalue weighted by Gasteiger charge is 2.12. The number of benzene rings is 1. The molecule has 33 heavy (non-hydrogen) atoms. The fourth-order valence-electron chi connectivity index (χ4n) is 3.27. The molecule has 0 aliphatic rings. The van der Waals surface area contributed by atoms with Gasteiger partial charge < -0.3 is 30.8 Å². The van der Waals surface area contributed by atoms with Crippen molar-refractivity contribution in [2.45, 2.75) is 39.5 Å². The summed E-state index contributed by atoms with van der Waals surface area (Å²) in [5, 5.41) is 9.56. The Morgan fingerprint density at radius 2 is 1.76 bits per heavy atom. The second-order valence-corrected chi connectivity index (χ2v) is 7.43. The van der Waals surface area contributed by atoms with E-state index in [1.54, 1.807) is 0 Å². The predicted molar refractivity (Wildman–Crippen MR) is 125 cm³/mol. The van der Waals surface area contributed by atoms with Crippen molar-refractivity contribution >= 4 is 28.6 Å². The molecule has 0 fully saturated rings. The van der Waals surface area contributed by atoms with Gasteiger partial charge in [-0.25, -0.2) is 4.98 Å². The van der Waals surface area contributed by atoms with Crippen LogP contribution in [0.3, 0.4) is 0 Å². The number of hydrogen-bond acceptors (Lipinski definition) is 9. The molecule has 3 aromatic rings. The molecule has 0 aliphatic carbocycles. The Morgan fingerprint density at radius 3 is 2.52 bits per heavy atom. The quantitative estimate of drug-likeness (QED) is 0.347. The third-order valence-electron chi connectivity index (χ3n) is 4.78. The highest BCUT2D eigenvalue weighted by atomic mass is 16.5. The highest BCUT2D eigenvalue weighted by Crippen LogP contribution is 2.29. The largest absolute Gasteiger partial charge is 0.494 e. The lowest BCUT2D eigenvalue weighted by atomic mass is 10.1. The van der Waals surface area contributed by atoms with Gasteiger partial charge in [0, 0.05) is 30.0 Å². The number of nitrogens with zero attached hydrogens (tertiary/aromatic N) is 3. The number of hydrogen-bond donors (Lipinski definition) is 3. The van der Waals surface area contributed by atoms with Crippen LogP contribution in [0.5, 0.6) is 17.2 Å². The second kappa shape index (κ2) is 11.2. The van der Waals surface area contributed by atoms with Crippen LogP contribution < -0.4 is 25.7 Å². The standard InChI is InChI=1S/C23H29N5O5/c1-3-17-21(22(24)28-23(25)27-17)33-11-5-10-32-19-12-14(2)26-18-8-7-15(13-16(18)19)31-9-4-6-20(29)30/h7-8,12-13H,3-6,9-11H2,1-2H3,(H,29,30)(H4,24,25,27,28). The lowest BCUT2D eigenvalue weighted by Crippen LogP contribution is -2.11. The topological polar surface area (TPSA) is 156 Å². The highest BCUT2D eigenvalue weighted by molar-refractivity contribution is 5.86. The number of carboxylic acids is 1. The lowest BCUT2D eigenvalue weighted by molar-refractivity contribution is -0.137. The number of nitrogens with two attached hydrogens (primary N) is 2. The van der Waals surface area contributed by atoms with Crippen LogP contribution in [-0.2, 0) is 11.2 Å². The third kappa shape index (κ3) is 6.58. The maximum absolute atomic E-state index is 10.6. The van der Waals surface area contributed by atoms with Gasteiger partial charge >= 0.3 is 5.97 Å². The minimum Gasteiger partial charge on any atom is -0.494 e. The average Bonchev–Trinajstić information content (AvgIpc) is 2.77. The molecule has 0 atom stereocenters. The first-order chi connectivity index (χ1) is 15.9. The first kappa shape index (κ1) is 23.8. The smallest absolute Gasteiger partial charge is 0.303 e. The molecule has 0 saturated carbocycles. The molecule has 2 aromatic heterocycles. The van der Waals surface area contributed by atoms with Crippen LogP contribution >= 0.6 is 0 Å². The van der Waals surface area contributed by atoms with Crippen LogP contribution in [0.4, 0.5) is 11.8 Å². The van der Waals surface area contributed by atoms with Crippen molar-refractivity contribution < 1.29 is 24.1 Å². The van der Waals surface area contributed by atoms with E-state index in [9.17, 15) is 4.79 Å².